The number of hydrogen-bond donors (Lipinski definition) is 1. The first kappa shape index (κ1) is 34.7. The SMILES string of the molecule is C#CCC(OC(=O)Oc1ccc([N+](=O)[O-])cc1)c1ccc(O[C@@H]2OC(C(=O)OC)[C@@H](O)[C@H](OC(C)=O)C2OC(C)=O)c([N+](=O)[O-])c1. The fourth-order valence-corrected chi connectivity index (χ4v) is 4.18. The van der Waals surface area contributed by atoms with Crippen molar-refractivity contribution in [2.75, 3.05) is 7.11 Å². The van der Waals surface area contributed by atoms with Crippen molar-refractivity contribution in [2.45, 2.75) is 57.1 Å². The van der Waals surface area contributed by atoms with Crippen LogP contribution < -0.4 is 9.47 Å². The summed E-state index contributed by atoms with van der Waals surface area (Å²) in [6.07, 6.45) is -6.47. The molecule has 0 saturated carbocycles. The summed E-state index contributed by atoms with van der Waals surface area (Å²) in [6.45, 7) is 1.96. The van der Waals surface area contributed by atoms with Gasteiger partial charge in [-0.05, 0) is 18.2 Å². The second-order valence-electron chi connectivity index (χ2n) is 9.31. The molecule has 2 aromatic carbocycles. The molecule has 6 atom stereocenters. The number of nitro groups is 2. The Labute approximate surface area is 259 Å². The van der Waals surface area contributed by atoms with Crippen molar-refractivity contribution in [2.24, 2.45) is 0 Å². The molecule has 3 rings (SSSR count). The van der Waals surface area contributed by atoms with Crippen molar-refractivity contribution in [3.63, 3.8) is 0 Å². The van der Waals surface area contributed by atoms with Gasteiger partial charge in [-0.25, -0.2) is 9.59 Å². The number of ether oxygens (including phenoxy) is 7. The first-order valence-corrected chi connectivity index (χ1v) is 13.0. The highest BCUT2D eigenvalue weighted by atomic mass is 16.7. The fraction of sp³-hybridized carbons (Fsp3) is 0.357. The van der Waals surface area contributed by atoms with Crippen LogP contribution in [0.2, 0.25) is 0 Å². The molecular formula is C28H26N2O16. The lowest BCUT2D eigenvalue weighted by Gasteiger charge is -2.41. The molecule has 0 spiro atoms. The molecule has 3 unspecified atom stereocenters. The van der Waals surface area contributed by atoms with Crippen LogP contribution in [0.15, 0.2) is 42.5 Å². The molecule has 18 nitrogen and oxygen atoms in total. The quantitative estimate of drug-likeness (QED) is 0.0919. The number of hydrogen-bond acceptors (Lipinski definition) is 16. The van der Waals surface area contributed by atoms with E-state index in [4.69, 9.17) is 34.8 Å². The maximum Gasteiger partial charge on any atom is 0.514 e. The largest absolute Gasteiger partial charge is 0.514 e. The highest BCUT2D eigenvalue weighted by molar-refractivity contribution is 5.76. The van der Waals surface area contributed by atoms with Gasteiger partial charge in [0.05, 0.1) is 23.4 Å². The zero-order valence-corrected chi connectivity index (χ0v) is 24.3. The van der Waals surface area contributed by atoms with Gasteiger partial charge in [-0.15, -0.1) is 12.3 Å². The van der Waals surface area contributed by atoms with E-state index in [9.17, 15) is 44.5 Å². The molecule has 0 aliphatic carbocycles. The van der Waals surface area contributed by atoms with Gasteiger partial charge in [-0.1, -0.05) is 6.07 Å². The lowest BCUT2D eigenvalue weighted by Crippen LogP contribution is -2.63. The summed E-state index contributed by atoms with van der Waals surface area (Å²) < 4.78 is 36.2. The highest BCUT2D eigenvalue weighted by Gasteiger charge is 2.53. The van der Waals surface area contributed by atoms with Crippen LogP contribution in [0.3, 0.4) is 0 Å². The molecule has 46 heavy (non-hydrogen) atoms. The Hall–Kier alpha value is -5.80. The van der Waals surface area contributed by atoms with Gasteiger partial charge in [0, 0.05) is 37.6 Å². The van der Waals surface area contributed by atoms with E-state index < -0.39 is 82.2 Å². The van der Waals surface area contributed by atoms with Gasteiger partial charge in [0.2, 0.25) is 12.4 Å². The van der Waals surface area contributed by atoms with Gasteiger partial charge in [0.25, 0.3) is 5.69 Å². The number of terminal acetylenes is 1. The van der Waals surface area contributed by atoms with Crippen LogP contribution in [-0.4, -0.2) is 76.8 Å². The number of carbonyl (C=O) groups excluding carboxylic acids is 4. The minimum Gasteiger partial charge on any atom is -0.467 e. The molecule has 0 bridgehead atoms. The predicted octanol–water partition coefficient (Wildman–Crippen LogP) is 2.28. The average Bonchev–Trinajstić information content (AvgIpc) is 2.99. The summed E-state index contributed by atoms with van der Waals surface area (Å²) in [4.78, 5) is 69.8. The smallest absolute Gasteiger partial charge is 0.467 e. The number of nitro benzene ring substituents is 2. The zero-order chi connectivity index (χ0) is 34.1. The van der Waals surface area contributed by atoms with Gasteiger partial charge in [0.15, 0.2) is 18.0 Å². The van der Waals surface area contributed by atoms with E-state index in [0.717, 1.165) is 57.4 Å². The zero-order valence-electron chi connectivity index (χ0n) is 24.3. The van der Waals surface area contributed by atoms with Crippen LogP contribution in [0.5, 0.6) is 11.5 Å². The first-order chi connectivity index (χ1) is 21.7. The number of non-ortho nitro benzene ring substituents is 1. The van der Waals surface area contributed by atoms with E-state index in [1.807, 2.05) is 0 Å². The Morgan fingerprint density at radius 2 is 1.63 bits per heavy atom. The molecule has 0 amide bonds. The van der Waals surface area contributed by atoms with Crippen LogP contribution in [0.4, 0.5) is 16.2 Å². The number of esters is 3. The summed E-state index contributed by atoms with van der Waals surface area (Å²) in [7, 11) is 0.979. The van der Waals surface area contributed by atoms with Crippen molar-refractivity contribution in [3.8, 4) is 23.8 Å². The van der Waals surface area contributed by atoms with Gasteiger partial charge in [-0.2, -0.15) is 0 Å². The van der Waals surface area contributed by atoms with Gasteiger partial charge in [0.1, 0.15) is 18.0 Å². The third-order valence-electron chi connectivity index (χ3n) is 6.14. The maximum absolute atomic E-state index is 12.4. The van der Waals surface area contributed by atoms with Crippen molar-refractivity contribution in [1.29, 1.82) is 0 Å². The van der Waals surface area contributed by atoms with Crippen LogP contribution >= 0.6 is 0 Å². The summed E-state index contributed by atoms with van der Waals surface area (Å²) in [5.74, 6) is -1.34. The normalized spacial score (nSPS) is 21.0. The first-order valence-electron chi connectivity index (χ1n) is 13.0. The highest BCUT2D eigenvalue weighted by Crippen LogP contribution is 2.36. The van der Waals surface area contributed by atoms with Crippen molar-refractivity contribution in [1.82, 2.24) is 0 Å². The molecule has 1 heterocycles. The van der Waals surface area contributed by atoms with E-state index in [-0.39, 0.29) is 23.4 Å². The Kier molecular flexibility index (Phi) is 11.5. The van der Waals surface area contributed by atoms with Crippen LogP contribution in [0.25, 0.3) is 0 Å². The number of nitrogens with zero attached hydrogens (tertiary/aromatic N) is 2. The molecule has 1 fully saturated rings. The van der Waals surface area contributed by atoms with Crippen LogP contribution in [0.1, 0.15) is 31.9 Å². The second kappa shape index (κ2) is 15.3. The Morgan fingerprint density at radius 3 is 2.17 bits per heavy atom. The van der Waals surface area contributed by atoms with Crippen LogP contribution in [-0.2, 0) is 38.1 Å². The van der Waals surface area contributed by atoms with E-state index in [0.29, 0.717) is 0 Å². The molecular weight excluding hydrogens is 620 g/mol. The van der Waals surface area contributed by atoms with E-state index in [1.165, 1.54) is 6.07 Å². The summed E-state index contributed by atoms with van der Waals surface area (Å²) in [5.41, 5.74) is -0.974. The third kappa shape index (κ3) is 8.64. The Balaban J connectivity index is 1.92. The Morgan fingerprint density at radius 1 is 1.00 bits per heavy atom. The summed E-state index contributed by atoms with van der Waals surface area (Å²) in [5, 5.41) is 33.6. The number of aliphatic hydroxyl groups is 1. The molecule has 244 valence electrons. The lowest BCUT2D eigenvalue weighted by molar-refractivity contribution is -0.387. The molecule has 1 aliphatic heterocycles. The lowest BCUT2D eigenvalue weighted by atomic mass is 9.98. The molecule has 1 saturated heterocycles. The van der Waals surface area contributed by atoms with Gasteiger partial charge in [-0.3, -0.25) is 29.8 Å². The second-order valence-corrected chi connectivity index (χ2v) is 9.31. The monoisotopic (exact) mass is 646 g/mol. The number of aliphatic hydroxyl groups excluding tert-OH is 1. The standard InChI is InChI=1S/C28H26N2O16/c1-5-6-20(45-28(35)43-18-10-8-17(9-11-18)29(36)37)16-7-12-21(19(13-16)30(38)39)44-27-25(42-15(3)32)23(41-14(2)31)22(33)24(46-27)26(34)40-4/h1,7-13,20,22-25,27,33H,6H2,2-4H3/t20?,22-,23-,24?,25?,27+/m0/s1. The van der Waals surface area contributed by atoms with Crippen molar-refractivity contribution < 1.29 is 67.3 Å². The minimum absolute atomic E-state index is 0.0133. The van der Waals surface area contributed by atoms with E-state index in [2.05, 4.69) is 10.7 Å². The number of methoxy groups -OCH3 is 1. The van der Waals surface area contributed by atoms with Crippen molar-refractivity contribution in [3.05, 3.63) is 68.3 Å². The van der Waals surface area contributed by atoms with Crippen molar-refractivity contribution >= 4 is 35.4 Å². The third-order valence-corrected chi connectivity index (χ3v) is 6.14. The average molecular weight is 647 g/mol. The number of carbonyl (C=O) groups is 4. The summed E-state index contributed by atoms with van der Waals surface area (Å²) in [6, 6.07) is 7.74. The maximum atomic E-state index is 12.4. The van der Waals surface area contributed by atoms with Gasteiger partial charge >= 0.3 is 29.8 Å². The molecule has 1 aliphatic rings. The topological polar surface area (TPSA) is 239 Å². The summed E-state index contributed by atoms with van der Waals surface area (Å²) >= 11 is 0. The number of rotatable bonds is 11. The van der Waals surface area contributed by atoms with Crippen LogP contribution in [0, 0.1) is 32.6 Å². The van der Waals surface area contributed by atoms with E-state index in [1.54, 1.807) is 0 Å². The molecule has 2 aromatic rings. The predicted molar refractivity (Wildman–Crippen MR) is 148 cm³/mol. The molecule has 1 N–H and O–H groups in total. The van der Waals surface area contributed by atoms with Gasteiger partial charge < -0.3 is 38.3 Å². The van der Waals surface area contributed by atoms with E-state index >= 15 is 0 Å². The Bertz CT molecular complexity index is 1530. The number of benzene rings is 2. The molecule has 18 heteroatoms. The fourth-order valence-electron chi connectivity index (χ4n) is 4.18. The minimum atomic E-state index is -1.90. The molecule has 0 radical (unpaired) electrons. The molecule has 0 aromatic heterocycles.